The number of nitrogens with one attached hydrogen (secondary N) is 6. The Bertz CT molecular complexity index is 4500. The van der Waals surface area contributed by atoms with Crippen molar-refractivity contribution in [3.05, 3.63) is 237 Å². The number of H-pyrrole nitrogens is 2. The van der Waals surface area contributed by atoms with Gasteiger partial charge in [0, 0.05) is 115 Å². The fourth-order valence-electron chi connectivity index (χ4n) is 6.88. The van der Waals surface area contributed by atoms with E-state index in [2.05, 4.69) is 112 Å². The van der Waals surface area contributed by atoms with E-state index in [1.807, 2.05) is 4.98 Å². The van der Waals surface area contributed by atoms with Crippen LogP contribution in [-0.4, -0.2) is 142 Å². The Morgan fingerprint density at radius 1 is 0.518 bits per heavy atom. The number of non-ortho nitro benzene ring substituents is 2. The molecule has 36 nitrogen and oxygen atoms in total. The quantitative estimate of drug-likeness (QED) is 0.00546. The van der Waals surface area contributed by atoms with Crippen molar-refractivity contribution >= 4 is 196 Å². The third-order valence-corrected chi connectivity index (χ3v) is 16.0. The lowest BCUT2D eigenvalue weighted by atomic mass is 10.1. The van der Waals surface area contributed by atoms with E-state index >= 15 is 0 Å². The predicted molar refractivity (Wildman–Crippen MR) is 428 cm³/mol. The Hall–Kier alpha value is -8.73. The number of amides is 3. The number of carbonyl (C=O) groups is 4. The second-order valence-electron chi connectivity index (χ2n) is 19.5. The number of nitro groups is 2. The van der Waals surface area contributed by atoms with E-state index in [1.54, 1.807) is 69.6 Å². The van der Waals surface area contributed by atoms with Gasteiger partial charge in [-0.1, -0.05) is 91.6 Å². The third-order valence-electron chi connectivity index (χ3n) is 12.1. The molecule has 3 amide bonds. The molecular weight excluding hydrogens is 1870 g/mol. The summed E-state index contributed by atoms with van der Waals surface area (Å²) in [7, 11) is 5.71. The van der Waals surface area contributed by atoms with Crippen molar-refractivity contribution in [3.8, 4) is 23.0 Å². The summed E-state index contributed by atoms with van der Waals surface area (Å²) in [5.74, 6) is -0.750. The summed E-state index contributed by atoms with van der Waals surface area (Å²) < 4.78 is 21.4. The topological polar surface area (TPSA) is 503 Å². The Kier molecular flexibility index (Phi) is 47.1. The lowest BCUT2D eigenvalue weighted by Crippen LogP contribution is -2.24. The van der Waals surface area contributed by atoms with Crippen LogP contribution >= 0.6 is 150 Å². The number of halogens is 11. The second-order valence-corrected chi connectivity index (χ2v) is 24.1. The standard InChI is InChI=1S/C15H16Cl2N4O3.C10H12N2O5.C10H14N2O3.C8H7NO5.C5H3Cl3N2.2C5H3Cl2IN2.C5H6N2O3/c1-3-24-21-14(22)9-4-11(6-12(5-9)23-2)18-7-10-8-19-15(17)20-13(10)16;1-3-17-11-10(13)7-4-8(12(14)15)6-9(5-7)16-2;1-3-15-12-10(13)7-4-8(11)6-9(5-7)14-2;1-14-7-3-5(8(10)11)2-6(4-7)9(12)13;6-1-3-2-9-5(8)10-4(3)7;2*6-4-3(1-8)2-9-5(7)10-4;8-2-3-1-6-5(10)7-4(3)9/h4-6,8,18H,3,7H2,1-2H3,(H,21,22);4-6H,3H2,1-2H3,(H,11,13);4-6H,3,11H2,1-2H3,(H,12,13);2-4H,1H3,(H,10,11);3*2H,1H2;1,8H,2H2,(H2,6,7,9,10). The molecule has 9 aromatic rings. The number of benzene rings is 4. The Labute approximate surface area is 696 Å². The number of aromatic amines is 2. The van der Waals surface area contributed by atoms with Crippen molar-refractivity contribution in [2.45, 2.75) is 48.7 Å². The smallest absolute Gasteiger partial charge is 0.336 e. The number of hydrogen-bond donors (Lipinski definition) is 9. The van der Waals surface area contributed by atoms with Crippen LogP contribution in [0.3, 0.4) is 0 Å². The fraction of sp³-hybridized carbons (Fsp3) is 0.238. The van der Waals surface area contributed by atoms with Crippen LogP contribution in [0.4, 0.5) is 22.7 Å². The van der Waals surface area contributed by atoms with E-state index in [-0.39, 0.29) is 84.3 Å². The Balaban J connectivity index is 0.000000436. The van der Waals surface area contributed by atoms with Crippen LogP contribution in [0, 0.1) is 20.2 Å². The van der Waals surface area contributed by atoms with Gasteiger partial charge in [0.1, 0.15) is 43.6 Å². The molecule has 47 heteroatoms. The summed E-state index contributed by atoms with van der Waals surface area (Å²) >= 11 is 54.9. The summed E-state index contributed by atoms with van der Waals surface area (Å²) in [5, 5.41) is 43.3. The molecule has 0 unspecified atom stereocenters. The number of hydroxylamine groups is 3. The number of carboxylic acid groups (broad SMARTS) is 1. The van der Waals surface area contributed by atoms with Gasteiger partial charge >= 0.3 is 11.7 Å². The zero-order chi connectivity index (χ0) is 82.6. The Morgan fingerprint density at radius 3 is 1.22 bits per heavy atom. The maximum atomic E-state index is 12.0. The van der Waals surface area contributed by atoms with Gasteiger partial charge in [-0.15, -0.1) is 11.6 Å². The molecule has 0 saturated carbocycles. The molecule has 5 aromatic heterocycles. The summed E-state index contributed by atoms with van der Waals surface area (Å²) in [4.78, 5) is 135. The van der Waals surface area contributed by atoms with Gasteiger partial charge in [0.25, 0.3) is 34.7 Å². The molecule has 0 radical (unpaired) electrons. The van der Waals surface area contributed by atoms with Gasteiger partial charge in [0.05, 0.1) is 99.4 Å². The molecule has 0 aliphatic heterocycles. The molecule has 0 fully saturated rings. The van der Waals surface area contributed by atoms with E-state index in [9.17, 15) is 49.0 Å². The highest BCUT2D eigenvalue weighted by Crippen LogP contribution is 2.27. The van der Waals surface area contributed by atoms with Crippen molar-refractivity contribution in [2.24, 2.45) is 0 Å². The number of nitrogens with two attached hydrogens (primary N) is 1. The molecule has 0 atom stereocenters. The number of nitrogen functional groups attached to an aromatic ring is 1. The molecule has 110 heavy (non-hydrogen) atoms. The summed E-state index contributed by atoms with van der Waals surface area (Å²) in [6, 6.07) is 16.9. The highest BCUT2D eigenvalue weighted by molar-refractivity contribution is 14.1. The van der Waals surface area contributed by atoms with Gasteiger partial charge in [0.2, 0.25) is 21.1 Å². The second kappa shape index (κ2) is 53.2. The van der Waals surface area contributed by atoms with Crippen molar-refractivity contribution in [2.75, 3.05) is 59.3 Å². The van der Waals surface area contributed by atoms with Gasteiger partial charge in [-0.25, -0.2) is 65.9 Å². The Morgan fingerprint density at radius 2 is 0.873 bits per heavy atom. The summed E-state index contributed by atoms with van der Waals surface area (Å²) in [6.45, 7) is 6.33. The number of aliphatic hydroxyl groups excluding tert-OH is 1. The monoisotopic (exact) mass is 1930 g/mol. The van der Waals surface area contributed by atoms with Gasteiger partial charge in [0.15, 0.2) is 0 Å². The average molecular weight is 1940 g/mol. The van der Waals surface area contributed by atoms with Crippen LogP contribution in [-0.2, 0) is 42.4 Å². The highest BCUT2D eigenvalue weighted by atomic mass is 127. The number of ether oxygens (including phenoxy) is 4. The van der Waals surface area contributed by atoms with Crippen LogP contribution in [0.5, 0.6) is 23.0 Å². The van der Waals surface area contributed by atoms with E-state index in [0.717, 1.165) is 38.2 Å². The maximum Gasteiger partial charge on any atom is 0.336 e. The molecule has 0 saturated heterocycles. The first kappa shape index (κ1) is 97.3. The van der Waals surface area contributed by atoms with Gasteiger partial charge in [-0.3, -0.25) is 58.9 Å². The normalized spacial score (nSPS) is 9.88. The number of carbonyl (C=O) groups excluding carboxylic acids is 3. The number of aromatic nitrogens is 10. The first-order chi connectivity index (χ1) is 52.3. The number of nitro benzene ring substituents is 2. The van der Waals surface area contributed by atoms with Gasteiger partial charge in [-0.2, -0.15) is 0 Å². The van der Waals surface area contributed by atoms with Crippen molar-refractivity contribution in [3.63, 3.8) is 0 Å². The van der Waals surface area contributed by atoms with Crippen LogP contribution in [0.15, 0.2) is 113 Å². The number of nitrogens with zero attached hydrogens (tertiary/aromatic N) is 10. The molecule has 0 spiro atoms. The number of anilines is 2. The van der Waals surface area contributed by atoms with Crippen molar-refractivity contribution in [1.29, 1.82) is 0 Å². The molecule has 5 heterocycles. The molecule has 0 bridgehead atoms. The number of aliphatic hydroxyl groups is 1. The number of methoxy groups -OCH3 is 4. The van der Waals surface area contributed by atoms with Crippen LogP contribution in [0.25, 0.3) is 0 Å². The molecule has 0 aliphatic rings. The first-order valence-electron chi connectivity index (χ1n) is 30.1. The number of aromatic carboxylic acids is 1. The molecular formula is C63H64Cl9I2N17O19. The third kappa shape index (κ3) is 36.9. The summed E-state index contributed by atoms with van der Waals surface area (Å²) in [5.41, 5.74) is 15.9. The minimum atomic E-state index is -1.23. The van der Waals surface area contributed by atoms with Crippen molar-refractivity contribution in [1.82, 2.24) is 66.3 Å². The first-order valence-corrected chi connectivity index (χ1v) is 36.7. The zero-order valence-corrected chi connectivity index (χ0v) is 69.1. The van der Waals surface area contributed by atoms with E-state index in [4.69, 9.17) is 154 Å². The van der Waals surface area contributed by atoms with E-state index < -0.39 is 33.0 Å². The lowest BCUT2D eigenvalue weighted by molar-refractivity contribution is -0.385. The van der Waals surface area contributed by atoms with E-state index in [1.165, 1.54) is 65.2 Å². The number of carboxylic acids is 1. The largest absolute Gasteiger partial charge is 0.497 e. The zero-order valence-electron chi connectivity index (χ0n) is 58.0. The number of alkyl halides is 3. The molecule has 10 N–H and O–H groups in total. The average Bonchev–Trinajstić information content (AvgIpc) is 0.849. The predicted octanol–water partition coefficient (Wildman–Crippen LogP) is 13.1. The van der Waals surface area contributed by atoms with Crippen LogP contribution in [0.2, 0.25) is 41.7 Å². The highest BCUT2D eigenvalue weighted by Gasteiger charge is 2.17. The van der Waals surface area contributed by atoms with Crippen LogP contribution in [0.1, 0.15) is 90.0 Å². The molecule has 592 valence electrons. The minimum Gasteiger partial charge on any atom is -0.497 e. The molecule has 0 aliphatic carbocycles. The SMILES string of the molecule is CCONC(=O)c1cc(N)cc(OC)c1.CCONC(=O)c1cc(NCc2cnc(Cl)nc2Cl)cc(OC)c1.CCONC(=O)c1cc(OC)cc([N+](=O)[O-])c1.COc1cc(C(=O)O)cc([N+](=O)[O-])c1.ClCc1cnc(Cl)nc1Cl.Clc1ncc(CI)c(Cl)n1.Clc1ncc(CI)c(Cl)n1.O=c1[nH]cc(CO)c(=O)[nH]1. The number of rotatable bonds is 23. The van der Waals surface area contributed by atoms with Gasteiger partial charge < -0.3 is 45.2 Å². The lowest BCUT2D eigenvalue weighted by Gasteiger charge is -2.12. The maximum absolute atomic E-state index is 12.0. The molecule has 4 aromatic carbocycles. The van der Waals surface area contributed by atoms with Crippen LogP contribution < -0.4 is 57.7 Å². The summed E-state index contributed by atoms with van der Waals surface area (Å²) in [6.07, 6.45) is 7.48. The van der Waals surface area contributed by atoms with E-state index in [0.29, 0.717) is 92.8 Å². The molecule has 9 rings (SSSR count). The number of hydrogen-bond acceptors (Lipinski definition) is 28. The van der Waals surface area contributed by atoms with Crippen molar-refractivity contribution < 1.29 is 72.7 Å². The minimum absolute atomic E-state index is 0.0833. The fourth-order valence-corrected chi connectivity index (χ4v) is 10.2. The van der Waals surface area contributed by atoms with Gasteiger partial charge in [-0.05, 0) is 104 Å².